The van der Waals surface area contributed by atoms with Crippen LogP contribution in [0.5, 0.6) is 0 Å². The number of hydrogen-bond donors (Lipinski definition) is 1. The van der Waals surface area contributed by atoms with Crippen molar-refractivity contribution in [2.75, 3.05) is 0 Å². The number of aliphatic hydroxyl groups is 1. The van der Waals surface area contributed by atoms with Crippen molar-refractivity contribution < 1.29 is 14.7 Å². The Hall–Kier alpha value is -2.37. The minimum Gasteiger partial charge on any atom is -0.511 e. The number of fused-ring (bicyclic) bond motifs is 1. The van der Waals surface area contributed by atoms with Crippen LogP contribution in [0.3, 0.4) is 0 Å². The maximum atomic E-state index is 12.2. The van der Waals surface area contributed by atoms with E-state index in [1.54, 1.807) is 0 Å². The van der Waals surface area contributed by atoms with E-state index in [4.69, 9.17) is 0 Å². The summed E-state index contributed by atoms with van der Waals surface area (Å²) in [5.41, 5.74) is 1.09. The molecular formula is C19H23N3O3. The third kappa shape index (κ3) is 3.67. The standard InChI is InChI=1S/C19H23N3O3/c1-18(2)5-13-11(14(23)6-18)9-20-17(22-13)21-10-12-15(24)7-19(3,4)8-16(12)25/h9-10,24H,5-8H2,1-4H3/b21-10+. The van der Waals surface area contributed by atoms with Crippen molar-refractivity contribution in [2.24, 2.45) is 15.8 Å². The number of carbonyl (C=O) groups is 2. The highest BCUT2D eigenvalue weighted by Crippen LogP contribution is 2.36. The molecule has 132 valence electrons. The zero-order valence-electron chi connectivity index (χ0n) is 15.1. The molecule has 0 saturated carbocycles. The lowest BCUT2D eigenvalue weighted by atomic mass is 9.76. The molecule has 0 spiro atoms. The number of aliphatic imine (C=N–C) groups is 1. The number of rotatable bonds is 2. The largest absolute Gasteiger partial charge is 0.511 e. The van der Waals surface area contributed by atoms with Crippen molar-refractivity contribution in [2.45, 2.75) is 53.4 Å². The van der Waals surface area contributed by atoms with Gasteiger partial charge in [0.25, 0.3) is 0 Å². The lowest BCUT2D eigenvalue weighted by Crippen LogP contribution is -2.28. The Morgan fingerprint density at radius 2 is 1.68 bits per heavy atom. The molecule has 0 radical (unpaired) electrons. The van der Waals surface area contributed by atoms with Gasteiger partial charge in [0.15, 0.2) is 11.6 Å². The Labute approximate surface area is 147 Å². The number of ketones is 2. The van der Waals surface area contributed by atoms with Crippen LogP contribution >= 0.6 is 0 Å². The van der Waals surface area contributed by atoms with Crippen molar-refractivity contribution in [3.63, 3.8) is 0 Å². The molecule has 6 nitrogen and oxygen atoms in total. The van der Waals surface area contributed by atoms with Crippen LogP contribution in [-0.2, 0) is 11.2 Å². The van der Waals surface area contributed by atoms with Crippen molar-refractivity contribution in [3.8, 4) is 0 Å². The lowest BCUT2D eigenvalue weighted by Gasteiger charge is -2.29. The molecule has 25 heavy (non-hydrogen) atoms. The van der Waals surface area contributed by atoms with Gasteiger partial charge >= 0.3 is 0 Å². The predicted molar refractivity (Wildman–Crippen MR) is 94.3 cm³/mol. The number of nitrogens with zero attached hydrogens (tertiary/aromatic N) is 3. The first-order valence-electron chi connectivity index (χ1n) is 8.45. The molecule has 1 aromatic rings. The average molecular weight is 341 g/mol. The van der Waals surface area contributed by atoms with Gasteiger partial charge in [-0.3, -0.25) is 9.59 Å². The summed E-state index contributed by atoms with van der Waals surface area (Å²) in [5.74, 6) is 0.167. The van der Waals surface area contributed by atoms with Crippen molar-refractivity contribution >= 4 is 23.7 Å². The van der Waals surface area contributed by atoms with Gasteiger partial charge in [-0.2, -0.15) is 0 Å². The Balaban J connectivity index is 1.88. The number of allylic oxidation sites excluding steroid dienone is 2. The van der Waals surface area contributed by atoms with Crippen molar-refractivity contribution in [1.29, 1.82) is 0 Å². The molecule has 2 aliphatic carbocycles. The summed E-state index contributed by atoms with van der Waals surface area (Å²) in [7, 11) is 0. The molecule has 1 N–H and O–H groups in total. The zero-order valence-corrected chi connectivity index (χ0v) is 15.1. The third-order valence-corrected chi connectivity index (χ3v) is 4.65. The van der Waals surface area contributed by atoms with E-state index in [1.807, 2.05) is 27.7 Å². The summed E-state index contributed by atoms with van der Waals surface area (Å²) in [6.45, 7) is 7.95. The maximum Gasteiger partial charge on any atom is 0.249 e. The van der Waals surface area contributed by atoms with Gasteiger partial charge in [-0.25, -0.2) is 15.0 Å². The smallest absolute Gasteiger partial charge is 0.249 e. The minimum atomic E-state index is -0.243. The lowest BCUT2D eigenvalue weighted by molar-refractivity contribution is -0.117. The molecular weight excluding hydrogens is 318 g/mol. The fraction of sp³-hybridized carbons (Fsp3) is 0.526. The molecule has 0 amide bonds. The van der Waals surface area contributed by atoms with E-state index in [1.165, 1.54) is 12.4 Å². The Bertz CT molecular complexity index is 819. The van der Waals surface area contributed by atoms with Crippen molar-refractivity contribution in [3.05, 3.63) is 28.8 Å². The second-order valence-electron chi connectivity index (χ2n) is 8.53. The summed E-state index contributed by atoms with van der Waals surface area (Å²) in [4.78, 5) is 37.0. The molecule has 1 aromatic heterocycles. The summed E-state index contributed by atoms with van der Waals surface area (Å²) < 4.78 is 0. The van der Waals surface area contributed by atoms with E-state index in [0.717, 1.165) is 0 Å². The molecule has 0 atom stereocenters. The van der Waals surface area contributed by atoms with Gasteiger partial charge in [0.05, 0.1) is 16.8 Å². The highest BCUT2D eigenvalue weighted by atomic mass is 16.3. The second-order valence-corrected chi connectivity index (χ2v) is 8.53. The predicted octanol–water partition coefficient (Wildman–Crippen LogP) is 3.54. The van der Waals surface area contributed by atoms with Gasteiger partial charge < -0.3 is 5.11 Å². The van der Waals surface area contributed by atoms with Gasteiger partial charge in [-0.05, 0) is 17.3 Å². The molecule has 0 aliphatic heterocycles. The van der Waals surface area contributed by atoms with E-state index >= 15 is 0 Å². The third-order valence-electron chi connectivity index (χ3n) is 4.65. The topological polar surface area (TPSA) is 92.5 Å². The number of aromatic nitrogens is 2. The minimum absolute atomic E-state index is 0.0480. The van der Waals surface area contributed by atoms with E-state index in [0.29, 0.717) is 36.9 Å². The molecule has 0 unspecified atom stereocenters. The molecule has 6 heteroatoms. The SMILES string of the molecule is CC1(C)CC(=O)C(/C=N/c2ncc3c(n2)CC(C)(C)CC3=O)=C(O)C1. The summed E-state index contributed by atoms with van der Waals surface area (Å²) >= 11 is 0. The normalized spacial score (nSPS) is 22.4. The molecule has 2 aliphatic rings. The Morgan fingerprint density at radius 1 is 1.04 bits per heavy atom. The number of aliphatic hydroxyl groups excluding tert-OH is 1. The number of Topliss-reactive ketones (excluding diaryl/α,β-unsaturated/α-hetero) is 2. The van der Waals surface area contributed by atoms with Crippen LogP contribution in [-0.4, -0.2) is 32.9 Å². The zero-order chi connectivity index (χ0) is 18.4. The quantitative estimate of drug-likeness (QED) is 0.831. The van der Waals surface area contributed by atoms with Crippen LogP contribution in [0.2, 0.25) is 0 Å². The van der Waals surface area contributed by atoms with Crippen LogP contribution in [0.25, 0.3) is 0 Å². The van der Waals surface area contributed by atoms with E-state index in [-0.39, 0.29) is 39.7 Å². The Morgan fingerprint density at radius 3 is 2.36 bits per heavy atom. The monoisotopic (exact) mass is 341 g/mol. The van der Waals surface area contributed by atoms with Gasteiger partial charge in [0.1, 0.15) is 5.76 Å². The molecule has 0 saturated heterocycles. The summed E-state index contributed by atoms with van der Waals surface area (Å²) in [6.07, 6.45) is 4.81. The first-order valence-corrected chi connectivity index (χ1v) is 8.45. The number of hydrogen-bond acceptors (Lipinski definition) is 6. The fourth-order valence-electron chi connectivity index (χ4n) is 3.45. The fourth-order valence-corrected chi connectivity index (χ4v) is 3.45. The van der Waals surface area contributed by atoms with Gasteiger partial charge in [-0.15, -0.1) is 0 Å². The molecule has 0 aromatic carbocycles. The van der Waals surface area contributed by atoms with Gasteiger partial charge in [-0.1, -0.05) is 27.7 Å². The Kier molecular flexibility index (Phi) is 4.09. The second kappa shape index (κ2) is 5.86. The van der Waals surface area contributed by atoms with Crippen LogP contribution in [0, 0.1) is 10.8 Å². The number of carbonyl (C=O) groups excluding carboxylic acids is 2. The van der Waals surface area contributed by atoms with Crippen LogP contribution in [0.4, 0.5) is 5.95 Å². The van der Waals surface area contributed by atoms with E-state index in [2.05, 4.69) is 15.0 Å². The first kappa shape index (κ1) is 17.5. The molecule has 3 rings (SSSR count). The average Bonchev–Trinajstić information content (AvgIpc) is 2.43. The van der Waals surface area contributed by atoms with E-state index < -0.39 is 0 Å². The summed E-state index contributed by atoms with van der Waals surface area (Å²) in [6, 6.07) is 0. The summed E-state index contributed by atoms with van der Waals surface area (Å²) in [5, 5.41) is 10.1. The van der Waals surface area contributed by atoms with Crippen LogP contribution < -0.4 is 0 Å². The van der Waals surface area contributed by atoms with Crippen molar-refractivity contribution in [1.82, 2.24) is 9.97 Å². The van der Waals surface area contributed by atoms with E-state index in [9.17, 15) is 14.7 Å². The molecule has 0 fully saturated rings. The van der Waals surface area contributed by atoms with Crippen LogP contribution in [0.1, 0.15) is 63.0 Å². The highest BCUT2D eigenvalue weighted by molar-refractivity contribution is 6.14. The van der Waals surface area contributed by atoms with Gasteiger partial charge in [0.2, 0.25) is 5.95 Å². The highest BCUT2D eigenvalue weighted by Gasteiger charge is 2.33. The first-order chi connectivity index (χ1) is 11.6. The molecule has 0 bridgehead atoms. The molecule has 1 heterocycles. The van der Waals surface area contributed by atoms with Crippen LogP contribution in [0.15, 0.2) is 22.5 Å². The van der Waals surface area contributed by atoms with Gasteiger partial charge in [0, 0.05) is 31.7 Å². The maximum absolute atomic E-state index is 12.2.